The lowest BCUT2D eigenvalue weighted by Gasteiger charge is -2.17. The van der Waals surface area contributed by atoms with Gasteiger partial charge in [-0.05, 0) is 18.2 Å². The van der Waals surface area contributed by atoms with E-state index in [1.807, 2.05) is 0 Å². The minimum atomic E-state index is -4.56. The summed E-state index contributed by atoms with van der Waals surface area (Å²) in [5.41, 5.74) is 6.22. The quantitative estimate of drug-likeness (QED) is 0.455. The zero-order chi connectivity index (χ0) is 22.6. The van der Waals surface area contributed by atoms with Crippen molar-refractivity contribution >= 4 is 17.4 Å². The molecule has 1 heterocycles. The van der Waals surface area contributed by atoms with E-state index < -0.39 is 29.4 Å². The van der Waals surface area contributed by atoms with Gasteiger partial charge in [-0.2, -0.15) is 22.0 Å². The van der Waals surface area contributed by atoms with Crippen molar-refractivity contribution in [1.29, 1.82) is 0 Å². The number of alkyl halides is 5. The van der Waals surface area contributed by atoms with Crippen molar-refractivity contribution in [3.63, 3.8) is 0 Å². The Morgan fingerprint density at radius 2 is 1.81 bits per heavy atom. The van der Waals surface area contributed by atoms with Gasteiger partial charge in [0.05, 0.1) is 22.3 Å². The van der Waals surface area contributed by atoms with Gasteiger partial charge in [-0.15, -0.1) is 0 Å². The highest BCUT2D eigenvalue weighted by atomic mass is 35.5. The summed E-state index contributed by atoms with van der Waals surface area (Å²) >= 11 is 5.76. The Morgan fingerprint density at radius 3 is 2.48 bits per heavy atom. The molecule has 0 fully saturated rings. The SMILES string of the molecule is N[C@@H](CNc1cc(-c2ccc(C(F)(F)F)c(Cl)c2)ncn1)c1ccccc1OC(F)F. The molecule has 0 bridgehead atoms. The lowest BCUT2D eigenvalue weighted by atomic mass is 10.1. The molecule has 164 valence electrons. The minimum absolute atomic E-state index is 0.0328. The van der Waals surface area contributed by atoms with E-state index in [0.29, 0.717) is 22.6 Å². The number of hydrogen-bond acceptors (Lipinski definition) is 5. The molecule has 0 unspecified atom stereocenters. The monoisotopic (exact) mass is 458 g/mol. The highest BCUT2D eigenvalue weighted by Gasteiger charge is 2.33. The van der Waals surface area contributed by atoms with Crippen LogP contribution in [0.1, 0.15) is 17.2 Å². The van der Waals surface area contributed by atoms with E-state index in [-0.39, 0.29) is 12.3 Å². The first kappa shape index (κ1) is 22.7. The molecule has 0 saturated heterocycles. The fraction of sp³-hybridized carbons (Fsp3) is 0.200. The van der Waals surface area contributed by atoms with Crippen LogP contribution in [0.3, 0.4) is 0 Å². The molecule has 2 aromatic carbocycles. The molecule has 0 aliphatic rings. The average molecular weight is 459 g/mol. The van der Waals surface area contributed by atoms with Crippen molar-refractivity contribution in [2.75, 3.05) is 11.9 Å². The molecule has 0 aliphatic carbocycles. The van der Waals surface area contributed by atoms with Gasteiger partial charge in [-0.1, -0.05) is 35.9 Å². The maximum absolute atomic E-state index is 12.9. The van der Waals surface area contributed by atoms with Crippen LogP contribution in [-0.2, 0) is 6.18 Å². The predicted octanol–water partition coefficient (Wildman–Crippen LogP) is 5.53. The number of hydrogen-bond donors (Lipinski definition) is 2. The van der Waals surface area contributed by atoms with Crippen molar-refractivity contribution in [2.24, 2.45) is 5.73 Å². The molecule has 31 heavy (non-hydrogen) atoms. The lowest BCUT2D eigenvalue weighted by Crippen LogP contribution is -2.22. The van der Waals surface area contributed by atoms with Crippen molar-refractivity contribution in [1.82, 2.24) is 9.97 Å². The van der Waals surface area contributed by atoms with Crippen molar-refractivity contribution < 1.29 is 26.7 Å². The minimum Gasteiger partial charge on any atom is -0.434 e. The van der Waals surface area contributed by atoms with E-state index in [1.165, 1.54) is 30.6 Å². The van der Waals surface area contributed by atoms with Crippen molar-refractivity contribution in [3.05, 3.63) is 71.0 Å². The first-order valence-electron chi connectivity index (χ1n) is 8.87. The summed E-state index contributed by atoms with van der Waals surface area (Å²) in [6, 6.07) is 10.3. The number of nitrogens with two attached hydrogens (primary N) is 1. The topological polar surface area (TPSA) is 73.1 Å². The summed E-state index contributed by atoms with van der Waals surface area (Å²) in [6.45, 7) is -2.87. The predicted molar refractivity (Wildman–Crippen MR) is 106 cm³/mol. The molecule has 1 atom stereocenters. The molecule has 3 aromatic rings. The van der Waals surface area contributed by atoms with Gasteiger partial charge in [0, 0.05) is 23.7 Å². The second-order valence-corrected chi connectivity index (χ2v) is 6.79. The molecule has 0 radical (unpaired) electrons. The summed E-state index contributed by atoms with van der Waals surface area (Å²) in [4.78, 5) is 8.09. The van der Waals surface area contributed by atoms with E-state index in [4.69, 9.17) is 17.3 Å². The molecule has 0 spiro atoms. The summed E-state index contributed by atoms with van der Waals surface area (Å²) in [7, 11) is 0. The van der Waals surface area contributed by atoms with Gasteiger partial charge >= 0.3 is 12.8 Å². The molecular weight excluding hydrogens is 443 g/mol. The smallest absolute Gasteiger partial charge is 0.417 e. The molecule has 3 rings (SSSR count). The summed E-state index contributed by atoms with van der Waals surface area (Å²) < 4.78 is 68.3. The van der Waals surface area contributed by atoms with Gasteiger partial charge in [-0.25, -0.2) is 9.97 Å². The largest absolute Gasteiger partial charge is 0.434 e. The van der Waals surface area contributed by atoms with E-state index in [0.717, 1.165) is 6.07 Å². The Balaban J connectivity index is 1.74. The molecule has 0 aliphatic heterocycles. The second kappa shape index (κ2) is 9.44. The molecule has 11 heteroatoms. The van der Waals surface area contributed by atoms with Gasteiger partial charge in [0.25, 0.3) is 0 Å². The third-order valence-electron chi connectivity index (χ3n) is 4.27. The van der Waals surface area contributed by atoms with Crippen molar-refractivity contribution in [3.8, 4) is 17.0 Å². The van der Waals surface area contributed by atoms with Gasteiger partial charge in [-0.3, -0.25) is 0 Å². The molecule has 5 nitrogen and oxygen atoms in total. The number of anilines is 1. The summed E-state index contributed by atoms with van der Waals surface area (Å²) in [5, 5.41) is 2.50. The number of rotatable bonds is 7. The zero-order valence-corrected chi connectivity index (χ0v) is 16.5. The van der Waals surface area contributed by atoms with Crippen molar-refractivity contribution in [2.45, 2.75) is 18.8 Å². The summed E-state index contributed by atoms with van der Waals surface area (Å²) in [5.74, 6) is 0.304. The Labute approximate surface area is 179 Å². The van der Waals surface area contributed by atoms with Crippen LogP contribution in [-0.4, -0.2) is 23.1 Å². The first-order valence-corrected chi connectivity index (χ1v) is 9.25. The highest BCUT2D eigenvalue weighted by Crippen LogP contribution is 2.36. The Morgan fingerprint density at radius 1 is 1.06 bits per heavy atom. The Hall–Kier alpha value is -2.98. The van der Waals surface area contributed by atoms with E-state index in [2.05, 4.69) is 20.0 Å². The zero-order valence-electron chi connectivity index (χ0n) is 15.7. The maximum Gasteiger partial charge on any atom is 0.417 e. The molecule has 0 saturated carbocycles. The number of benzene rings is 2. The fourth-order valence-corrected chi connectivity index (χ4v) is 3.12. The maximum atomic E-state index is 12.9. The van der Waals surface area contributed by atoms with E-state index >= 15 is 0 Å². The standard InChI is InChI=1S/C20H16ClF5N4O/c21-14-7-11(5-6-13(14)20(24,25)26)16-8-18(30-10-29-16)28-9-15(27)12-3-1-2-4-17(12)31-19(22)23/h1-8,10,15,19H,9,27H2,(H,28,29,30)/t15-/m0/s1. The Bertz CT molecular complexity index is 1050. The fourth-order valence-electron chi connectivity index (χ4n) is 2.83. The van der Waals surface area contributed by atoms with Crippen LogP contribution >= 0.6 is 11.6 Å². The molecular formula is C20H16ClF5N4O. The third kappa shape index (κ3) is 5.80. The number of nitrogens with one attached hydrogen (secondary N) is 1. The number of para-hydroxylation sites is 1. The van der Waals surface area contributed by atoms with E-state index in [1.54, 1.807) is 18.2 Å². The highest BCUT2D eigenvalue weighted by molar-refractivity contribution is 6.31. The molecule has 3 N–H and O–H groups in total. The molecule has 1 aromatic heterocycles. The number of aromatic nitrogens is 2. The number of nitrogens with zero attached hydrogens (tertiary/aromatic N) is 2. The van der Waals surface area contributed by atoms with Crippen LogP contribution < -0.4 is 15.8 Å². The third-order valence-corrected chi connectivity index (χ3v) is 4.59. The van der Waals surface area contributed by atoms with Gasteiger partial charge in [0.1, 0.15) is 17.9 Å². The average Bonchev–Trinajstić information content (AvgIpc) is 2.71. The van der Waals surface area contributed by atoms with Crippen LogP contribution in [0.2, 0.25) is 5.02 Å². The van der Waals surface area contributed by atoms with Gasteiger partial charge < -0.3 is 15.8 Å². The van der Waals surface area contributed by atoms with Gasteiger partial charge in [0.15, 0.2) is 0 Å². The first-order chi connectivity index (χ1) is 14.6. The summed E-state index contributed by atoms with van der Waals surface area (Å²) in [6.07, 6.45) is -3.34. The van der Waals surface area contributed by atoms with Crippen LogP contribution in [0.5, 0.6) is 5.75 Å². The number of halogens is 6. The van der Waals surface area contributed by atoms with Gasteiger partial charge in [0.2, 0.25) is 0 Å². The van der Waals surface area contributed by atoms with Crippen LogP contribution in [0, 0.1) is 0 Å². The van der Waals surface area contributed by atoms with Crippen LogP contribution in [0.15, 0.2) is 54.9 Å². The Kier molecular flexibility index (Phi) is 6.91. The van der Waals surface area contributed by atoms with Crippen LogP contribution in [0.25, 0.3) is 11.3 Å². The lowest BCUT2D eigenvalue weighted by molar-refractivity contribution is -0.137. The number of ether oxygens (including phenoxy) is 1. The molecule has 0 amide bonds. The second-order valence-electron chi connectivity index (χ2n) is 6.38. The van der Waals surface area contributed by atoms with Crippen LogP contribution in [0.4, 0.5) is 27.8 Å². The normalized spacial score (nSPS) is 12.6. The van der Waals surface area contributed by atoms with E-state index in [9.17, 15) is 22.0 Å².